The minimum Gasteiger partial charge on any atom is -0.490 e. The molecule has 0 saturated carbocycles. The van der Waals surface area contributed by atoms with Crippen LogP contribution in [-0.4, -0.2) is 32.1 Å². The zero-order valence-electron chi connectivity index (χ0n) is 12.8. The summed E-state index contributed by atoms with van der Waals surface area (Å²) in [4.78, 5) is 2.13. The van der Waals surface area contributed by atoms with E-state index < -0.39 is 0 Å². The third-order valence-electron chi connectivity index (χ3n) is 2.91. The second kappa shape index (κ2) is 9.57. The monoisotopic (exact) mass is 341 g/mol. The van der Waals surface area contributed by atoms with Crippen molar-refractivity contribution in [3.05, 3.63) is 53.6 Å². The molecule has 0 aliphatic heterocycles. The summed E-state index contributed by atoms with van der Waals surface area (Å²) in [5.74, 6) is 2.04. The van der Waals surface area contributed by atoms with Crippen molar-refractivity contribution in [2.45, 2.75) is 6.42 Å². The van der Waals surface area contributed by atoms with Gasteiger partial charge in [0.05, 0.1) is 11.6 Å². The first-order valence-corrected chi connectivity index (χ1v) is 7.33. The zero-order chi connectivity index (χ0) is 15.1. The molecule has 22 heavy (non-hydrogen) atoms. The van der Waals surface area contributed by atoms with Crippen molar-refractivity contribution in [1.82, 2.24) is 4.90 Å². The Morgan fingerprint density at radius 3 is 2.14 bits per heavy atom. The molecule has 0 radical (unpaired) electrons. The van der Waals surface area contributed by atoms with Gasteiger partial charge in [-0.1, -0.05) is 35.9 Å². The molecule has 2 aromatic carbocycles. The Balaban J connectivity index is 0.00000242. The van der Waals surface area contributed by atoms with Crippen LogP contribution in [0.15, 0.2) is 48.5 Å². The van der Waals surface area contributed by atoms with Crippen molar-refractivity contribution in [2.75, 3.05) is 27.2 Å². The van der Waals surface area contributed by atoms with Crippen LogP contribution in [0.5, 0.6) is 17.2 Å². The number of hydrogen-bond acceptors (Lipinski definition) is 3. The summed E-state index contributed by atoms with van der Waals surface area (Å²) in [5, 5.41) is 0.583. The summed E-state index contributed by atoms with van der Waals surface area (Å²) in [6, 6.07) is 15.0. The molecule has 0 atom stereocenters. The van der Waals surface area contributed by atoms with Crippen molar-refractivity contribution in [1.29, 1.82) is 0 Å². The molecule has 0 fully saturated rings. The average Bonchev–Trinajstić information content (AvgIpc) is 2.47. The molecule has 0 spiro atoms. The maximum atomic E-state index is 6.12. The number of halogens is 2. The highest BCUT2D eigenvalue weighted by atomic mass is 35.5. The first-order chi connectivity index (χ1) is 10.2. The van der Waals surface area contributed by atoms with Crippen molar-refractivity contribution in [3.63, 3.8) is 0 Å². The number of nitrogens with zero attached hydrogens (tertiary/aromatic N) is 1. The summed E-state index contributed by atoms with van der Waals surface area (Å²) in [7, 11) is 4.10. The number of ether oxygens (including phenoxy) is 2. The molecule has 0 aliphatic rings. The number of para-hydroxylation sites is 3. The number of hydrogen-bond donors (Lipinski definition) is 0. The lowest BCUT2D eigenvalue weighted by molar-refractivity contribution is 0.272. The van der Waals surface area contributed by atoms with Gasteiger partial charge in [-0.2, -0.15) is 0 Å². The van der Waals surface area contributed by atoms with Crippen molar-refractivity contribution in [2.24, 2.45) is 0 Å². The fourth-order valence-electron chi connectivity index (χ4n) is 1.86. The van der Waals surface area contributed by atoms with Crippen LogP contribution in [0.1, 0.15) is 6.42 Å². The van der Waals surface area contributed by atoms with Crippen LogP contribution in [0.4, 0.5) is 0 Å². The average molecular weight is 342 g/mol. The van der Waals surface area contributed by atoms with Crippen molar-refractivity contribution in [3.8, 4) is 17.2 Å². The van der Waals surface area contributed by atoms with E-state index in [1.54, 1.807) is 6.07 Å². The Morgan fingerprint density at radius 1 is 0.909 bits per heavy atom. The maximum Gasteiger partial charge on any atom is 0.169 e. The zero-order valence-corrected chi connectivity index (χ0v) is 14.4. The first-order valence-electron chi connectivity index (χ1n) is 6.96. The molecule has 2 rings (SSSR count). The third-order valence-corrected chi connectivity index (χ3v) is 3.23. The second-order valence-electron chi connectivity index (χ2n) is 4.98. The summed E-state index contributed by atoms with van der Waals surface area (Å²) < 4.78 is 11.7. The predicted octanol–water partition coefficient (Wildman–Crippen LogP) is 4.88. The smallest absolute Gasteiger partial charge is 0.169 e. The lowest BCUT2D eigenvalue weighted by Gasteiger charge is -2.14. The molecule has 2 aromatic rings. The summed E-state index contributed by atoms with van der Waals surface area (Å²) in [6.07, 6.45) is 0.966. The Morgan fingerprint density at radius 2 is 1.50 bits per heavy atom. The van der Waals surface area contributed by atoms with Gasteiger partial charge < -0.3 is 14.4 Å². The van der Waals surface area contributed by atoms with E-state index in [1.165, 1.54) is 0 Å². The Hall–Kier alpha value is -1.42. The van der Waals surface area contributed by atoms with Gasteiger partial charge in [-0.05, 0) is 44.8 Å². The van der Waals surface area contributed by atoms with Crippen LogP contribution >= 0.6 is 24.0 Å². The van der Waals surface area contributed by atoms with Gasteiger partial charge in [-0.25, -0.2) is 0 Å². The van der Waals surface area contributed by atoms with E-state index in [0.29, 0.717) is 23.1 Å². The van der Waals surface area contributed by atoms with E-state index >= 15 is 0 Å². The number of benzene rings is 2. The third kappa shape index (κ3) is 5.76. The normalized spacial score (nSPS) is 10.2. The molecule has 0 bridgehead atoms. The number of rotatable bonds is 7. The van der Waals surface area contributed by atoms with Crippen LogP contribution in [-0.2, 0) is 0 Å². The van der Waals surface area contributed by atoms with E-state index in [4.69, 9.17) is 21.1 Å². The van der Waals surface area contributed by atoms with Gasteiger partial charge in [0.1, 0.15) is 5.75 Å². The molecule has 0 amide bonds. The highest BCUT2D eigenvalue weighted by Crippen LogP contribution is 2.34. The van der Waals surface area contributed by atoms with E-state index in [-0.39, 0.29) is 12.4 Å². The SMILES string of the molecule is CN(C)CCCOc1ccccc1Oc1ccccc1Cl.Cl. The predicted molar refractivity (Wildman–Crippen MR) is 93.9 cm³/mol. The molecular formula is C17H21Cl2NO2. The van der Waals surface area contributed by atoms with Crippen LogP contribution in [0.25, 0.3) is 0 Å². The van der Waals surface area contributed by atoms with Gasteiger partial charge in [0.25, 0.3) is 0 Å². The summed E-state index contributed by atoms with van der Waals surface area (Å²) in [6.45, 7) is 1.65. The van der Waals surface area contributed by atoms with Gasteiger partial charge in [0.15, 0.2) is 11.5 Å². The van der Waals surface area contributed by atoms with Gasteiger partial charge in [0.2, 0.25) is 0 Å². The van der Waals surface area contributed by atoms with Crippen LogP contribution in [0.2, 0.25) is 5.02 Å². The Kier molecular flexibility index (Phi) is 8.10. The second-order valence-corrected chi connectivity index (χ2v) is 5.39. The fourth-order valence-corrected chi connectivity index (χ4v) is 2.04. The highest BCUT2D eigenvalue weighted by molar-refractivity contribution is 6.32. The van der Waals surface area contributed by atoms with Crippen LogP contribution in [0.3, 0.4) is 0 Å². The largest absolute Gasteiger partial charge is 0.490 e. The van der Waals surface area contributed by atoms with E-state index in [2.05, 4.69) is 19.0 Å². The molecular weight excluding hydrogens is 321 g/mol. The molecule has 0 N–H and O–H groups in total. The molecule has 120 valence electrons. The van der Waals surface area contributed by atoms with Crippen molar-refractivity contribution < 1.29 is 9.47 Å². The molecule has 5 heteroatoms. The van der Waals surface area contributed by atoms with Crippen LogP contribution in [0, 0.1) is 0 Å². The van der Waals surface area contributed by atoms with E-state index in [0.717, 1.165) is 18.7 Å². The van der Waals surface area contributed by atoms with Gasteiger partial charge in [0, 0.05) is 6.54 Å². The minimum absolute atomic E-state index is 0. The lowest BCUT2D eigenvalue weighted by atomic mass is 10.3. The molecule has 0 aromatic heterocycles. The summed E-state index contributed by atoms with van der Waals surface area (Å²) >= 11 is 6.12. The fraction of sp³-hybridized carbons (Fsp3) is 0.294. The molecule has 0 heterocycles. The summed E-state index contributed by atoms with van der Waals surface area (Å²) in [5.41, 5.74) is 0. The van der Waals surface area contributed by atoms with Gasteiger partial charge in [-0.3, -0.25) is 0 Å². The molecule has 3 nitrogen and oxygen atoms in total. The van der Waals surface area contributed by atoms with Crippen molar-refractivity contribution >= 4 is 24.0 Å². The van der Waals surface area contributed by atoms with Gasteiger partial charge in [-0.15, -0.1) is 12.4 Å². The molecule has 0 saturated heterocycles. The standard InChI is InChI=1S/C17H20ClNO2.ClH/c1-19(2)12-7-13-20-16-10-5-6-11-17(16)21-15-9-4-3-8-14(15)18;/h3-6,8-11H,7,12-13H2,1-2H3;1H. The lowest BCUT2D eigenvalue weighted by Crippen LogP contribution is -2.15. The van der Waals surface area contributed by atoms with Crippen LogP contribution < -0.4 is 9.47 Å². The first kappa shape index (κ1) is 18.6. The quantitative estimate of drug-likeness (QED) is 0.669. The molecule has 0 unspecified atom stereocenters. The molecule has 0 aliphatic carbocycles. The topological polar surface area (TPSA) is 21.7 Å². The maximum absolute atomic E-state index is 6.12. The van der Waals surface area contributed by atoms with Gasteiger partial charge >= 0.3 is 0 Å². The van der Waals surface area contributed by atoms with E-state index in [9.17, 15) is 0 Å². The Labute approximate surface area is 143 Å². The minimum atomic E-state index is 0. The Bertz CT molecular complexity index is 576. The van der Waals surface area contributed by atoms with E-state index in [1.807, 2.05) is 42.5 Å². The highest BCUT2D eigenvalue weighted by Gasteiger charge is 2.07.